The van der Waals surface area contributed by atoms with Crippen LogP contribution >= 0.6 is 0 Å². The number of carbonyl (C=O) groups excluding carboxylic acids is 1. The predicted octanol–water partition coefficient (Wildman–Crippen LogP) is 1.54. The first-order chi connectivity index (χ1) is 7.99. The third-order valence-corrected chi connectivity index (χ3v) is 1.69. The number of carbonyl (C=O) groups is 2. The van der Waals surface area contributed by atoms with E-state index in [-0.39, 0.29) is 6.09 Å². The molecular formula is C12H26N2O4. The number of aliphatic carboxylic acids is 1. The van der Waals surface area contributed by atoms with Crippen LogP contribution in [0.3, 0.4) is 0 Å². The second kappa shape index (κ2) is 8.74. The van der Waals surface area contributed by atoms with E-state index in [1.165, 1.54) is 0 Å². The van der Waals surface area contributed by atoms with E-state index in [1.807, 2.05) is 27.7 Å². The molecule has 0 aliphatic rings. The molecule has 0 heterocycles. The zero-order chi connectivity index (χ0) is 14.9. The molecular weight excluding hydrogens is 236 g/mol. The first-order valence-electron chi connectivity index (χ1n) is 5.83. The van der Waals surface area contributed by atoms with Gasteiger partial charge in [-0.1, -0.05) is 6.92 Å². The second-order valence-electron chi connectivity index (χ2n) is 5.22. The number of nitrogens with two attached hydrogens (primary N) is 1. The van der Waals surface area contributed by atoms with Crippen LogP contribution in [-0.2, 0) is 9.53 Å². The van der Waals surface area contributed by atoms with E-state index < -0.39 is 11.6 Å². The predicted molar refractivity (Wildman–Crippen MR) is 70.4 cm³/mol. The zero-order valence-electron chi connectivity index (χ0n) is 12.2. The van der Waals surface area contributed by atoms with E-state index in [0.29, 0.717) is 19.0 Å². The van der Waals surface area contributed by atoms with Gasteiger partial charge in [0, 0.05) is 20.5 Å². The highest BCUT2D eigenvalue weighted by atomic mass is 16.6. The maximum atomic E-state index is 11.5. The lowest BCUT2D eigenvalue weighted by atomic mass is 10.2. The molecule has 18 heavy (non-hydrogen) atoms. The summed E-state index contributed by atoms with van der Waals surface area (Å²) < 4.78 is 5.19. The second-order valence-corrected chi connectivity index (χ2v) is 5.22. The number of amides is 1. The van der Waals surface area contributed by atoms with Gasteiger partial charge in [-0.25, -0.2) is 4.79 Å². The quantitative estimate of drug-likeness (QED) is 0.804. The van der Waals surface area contributed by atoms with Crippen LogP contribution < -0.4 is 5.73 Å². The van der Waals surface area contributed by atoms with Gasteiger partial charge in [0.2, 0.25) is 0 Å². The number of carboxylic acid groups (broad SMARTS) is 1. The van der Waals surface area contributed by atoms with Crippen LogP contribution in [0, 0.1) is 5.92 Å². The standard InChI is InChI=1S/C10H22N2O2.C2H4O2/c1-8(6-11)7-12(5)9(13)14-10(2,3)4;1-2(3)4/h8H,6-7,11H2,1-5H3;1H3,(H,3,4). The highest BCUT2D eigenvalue weighted by Gasteiger charge is 2.20. The molecule has 0 aromatic heterocycles. The molecule has 0 rings (SSSR count). The average molecular weight is 262 g/mol. The van der Waals surface area contributed by atoms with Crippen LogP contribution in [0.2, 0.25) is 0 Å². The molecule has 0 aliphatic heterocycles. The lowest BCUT2D eigenvalue weighted by Gasteiger charge is -2.26. The largest absolute Gasteiger partial charge is 0.481 e. The molecule has 0 radical (unpaired) electrons. The fraction of sp³-hybridized carbons (Fsp3) is 0.833. The van der Waals surface area contributed by atoms with Crippen molar-refractivity contribution in [2.24, 2.45) is 11.7 Å². The molecule has 3 N–H and O–H groups in total. The maximum Gasteiger partial charge on any atom is 0.410 e. The lowest BCUT2D eigenvalue weighted by Crippen LogP contribution is -2.37. The Bertz CT molecular complexity index is 257. The van der Waals surface area contributed by atoms with Gasteiger partial charge in [0.15, 0.2) is 0 Å². The molecule has 0 spiro atoms. The van der Waals surface area contributed by atoms with Gasteiger partial charge in [-0.3, -0.25) is 4.79 Å². The summed E-state index contributed by atoms with van der Waals surface area (Å²) >= 11 is 0. The van der Waals surface area contributed by atoms with Gasteiger partial charge in [-0.15, -0.1) is 0 Å². The monoisotopic (exact) mass is 262 g/mol. The fourth-order valence-corrected chi connectivity index (χ4v) is 0.956. The molecule has 0 aliphatic carbocycles. The Morgan fingerprint density at radius 2 is 1.78 bits per heavy atom. The van der Waals surface area contributed by atoms with E-state index in [9.17, 15) is 4.79 Å². The fourth-order valence-electron chi connectivity index (χ4n) is 0.956. The zero-order valence-corrected chi connectivity index (χ0v) is 12.2. The number of hydrogen-bond donors (Lipinski definition) is 2. The highest BCUT2D eigenvalue weighted by Crippen LogP contribution is 2.09. The Morgan fingerprint density at radius 1 is 1.39 bits per heavy atom. The van der Waals surface area contributed by atoms with Gasteiger partial charge in [-0.05, 0) is 33.2 Å². The Morgan fingerprint density at radius 3 is 2.06 bits per heavy atom. The Kier molecular flexibility index (Phi) is 9.25. The Labute approximate surface area is 109 Å². The minimum absolute atomic E-state index is 0.294. The Hall–Kier alpha value is -1.30. The molecule has 6 heteroatoms. The van der Waals surface area contributed by atoms with Crippen molar-refractivity contribution in [2.75, 3.05) is 20.1 Å². The molecule has 6 nitrogen and oxygen atoms in total. The summed E-state index contributed by atoms with van der Waals surface area (Å²) in [5, 5.41) is 7.42. The van der Waals surface area contributed by atoms with Crippen LogP contribution in [0.25, 0.3) is 0 Å². The van der Waals surface area contributed by atoms with Gasteiger partial charge >= 0.3 is 6.09 Å². The third-order valence-electron chi connectivity index (χ3n) is 1.69. The van der Waals surface area contributed by atoms with E-state index in [0.717, 1.165) is 6.92 Å². The molecule has 0 bridgehead atoms. The van der Waals surface area contributed by atoms with E-state index in [1.54, 1.807) is 11.9 Å². The van der Waals surface area contributed by atoms with Crippen molar-refractivity contribution < 1.29 is 19.4 Å². The Balaban J connectivity index is 0. The summed E-state index contributed by atoms with van der Waals surface area (Å²) in [6.45, 7) is 9.85. The van der Waals surface area contributed by atoms with Gasteiger partial charge in [0.25, 0.3) is 5.97 Å². The summed E-state index contributed by atoms with van der Waals surface area (Å²) in [6.07, 6.45) is -0.294. The van der Waals surface area contributed by atoms with Crippen molar-refractivity contribution >= 4 is 12.1 Å². The third kappa shape index (κ3) is 14.7. The minimum Gasteiger partial charge on any atom is -0.481 e. The summed E-state index contributed by atoms with van der Waals surface area (Å²) in [5.41, 5.74) is 5.04. The number of nitrogens with zero attached hydrogens (tertiary/aromatic N) is 1. The van der Waals surface area contributed by atoms with Crippen LogP contribution in [0.1, 0.15) is 34.6 Å². The lowest BCUT2D eigenvalue weighted by molar-refractivity contribution is -0.134. The summed E-state index contributed by atoms with van der Waals surface area (Å²) in [6, 6.07) is 0. The minimum atomic E-state index is -0.833. The smallest absolute Gasteiger partial charge is 0.410 e. The summed E-state index contributed by atoms with van der Waals surface area (Å²) in [4.78, 5) is 22.0. The molecule has 1 unspecified atom stereocenters. The molecule has 0 aromatic rings. The summed E-state index contributed by atoms with van der Waals surface area (Å²) in [5.74, 6) is -0.535. The van der Waals surface area contributed by atoms with Crippen molar-refractivity contribution in [1.29, 1.82) is 0 Å². The SMILES string of the molecule is CC(=O)O.CC(CN)CN(C)C(=O)OC(C)(C)C. The number of ether oxygens (including phenoxy) is 1. The van der Waals surface area contributed by atoms with Crippen molar-refractivity contribution in [3.8, 4) is 0 Å². The summed E-state index contributed by atoms with van der Waals surface area (Å²) in [7, 11) is 1.72. The molecule has 0 saturated carbocycles. The maximum absolute atomic E-state index is 11.5. The molecule has 0 fully saturated rings. The van der Waals surface area contributed by atoms with Crippen LogP contribution in [0.5, 0.6) is 0 Å². The first-order valence-corrected chi connectivity index (χ1v) is 5.83. The van der Waals surface area contributed by atoms with Gasteiger partial charge in [0.1, 0.15) is 5.60 Å². The number of hydrogen-bond acceptors (Lipinski definition) is 4. The van der Waals surface area contributed by atoms with Crippen molar-refractivity contribution in [1.82, 2.24) is 4.90 Å². The van der Waals surface area contributed by atoms with Crippen LogP contribution in [0.4, 0.5) is 4.79 Å². The van der Waals surface area contributed by atoms with Gasteiger partial charge < -0.3 is 20.5 Å². The molecule has 0 saturated heterocycles. The van der Waals surface area contributed by atoms with E-state index >= 15 is 0 Å². The van der Waals surface area contributed by atoms with E-state index in [2.05, 4.69) is 0 Å². The normalized spacial score (nSPS) is 11.9. The molecule has 1 atom stereocenters. The van der Waals surface area contributed by atoms with Crippen LogP contribution in [-0.4, -0.2) is 47.8 Å². The van der Waals surface area contributed by atoms with Gasteiger partial charge in [0.05, 0.1) is 0 Å². The average Bonchev–Trinajstić information content (AvgIpc) is 2.13. The van der Waals surface area contributed by atoms with Crippen molar-refractivity contribution in [3.63, 3.8) is 0 Å². The molecule has 1 amide bonds. The first kappa shape index (κ1) is 19.0. The number of carboxylic acids is 1. The topological polar surface area (TPSA) is 92.9 Å². The van der Waals surface area contributed by atoms with Crippen molar-refractivity contribution in [2.45, 2.75) is 40.2 Å². The van der Waals surface area contributed by atoms with Gasteiger partial charge in [-0.2, -0.15) is 0 Å². The molecule has 0 aromatic carbocycles. The highest BCUT2D eigenvalue weighted by molar-refractivity contribution is 5.67. The number of rotatable bonds is 3. The van der Waals surface area contributed by atoms with Crippen LogP contribution in [0.15, 0.2) is 0 Å². The van der Waals surface area contributed by atoms with E-state index in [4.69, 9.17) is 20.4 Å². The van der Waals surface area contributed by atoms with Crippen molar-refractivity contribution in [3.05, 3.63) is 0 Å². The molecule has 108 valence electrons.